The average Bonchev–Trinajstić information content (AvgIpc) is 2.38. The van der Waals surface area contributed by atoms with E-state index in [2.05, 4.69) is 15.0 Å². The maximum absolute atomic E-state index is 12.3. The molecule has 0 bridgehead atoms. The fourth-order valence-electron chi connectivity index (χ4n) is 1.59. The first kappa shape index (κ1) is 13.4. The van der Waals surface area contributed by atoms with Crippen molar-refractivity contribution >= 4 is 15.8 Å². The second kappa shape index (κ2) is 4.93. The van der Waals surface area contributed by atoms with Gasteiger partial charge in [0, 0.05) is 5.56 Å². The minimum Gasteiger partial charge on any atom is -0.368 e. The zero-order valence-electron chi connectivity index (χ0n) is 10.6. The lowest BCUT2D eigenvalue weighted by atomic mass is 10.2. The molecule has 0 atom stereocenters. The monoisotopic (exact) mass is 278 g/mol. The zero-order chi connectivity index (χ0) is 14.0. The fraction of sp³-hybridized carbons (Fsp3) is 0.250. The van der Waals surface area contributed by atoms with Gasteiger partial charge in [0.2, 0.25) is 5.95 Å². The molecule has 0 unspecified atom stereocenters. The first-order chi connectivity index (χ1) is 8.93. The molecule has 2 rings (SSSR count). The van der Waals surface area contributed by atoms with Crippen molar-refractivity contribution in [1.29, 1.82) is 0 Å². The van der Waals surface area contributed by atoms with Crippen LogP contribution in [-0.2, 0) is 9.84 Å². The molecule has 0 radical (unpaired) electrons. The number of hydrogen-bond acceptors (Lipinski definition) is 6. The van der Waals surface area contributed by atoms with Gasteiger partial charge in [-0.15, -0.1) is 0 Å². The standard InChI is InChI=1S/C12H14N4O2S/c1-8(2)19(17,18)10-6-4-3-5-9(10)11-14-7-15-12(13)16-11/h3-8H,1-2H3,(H2,13,14,15,16). The van der Waals surface area contributed by atoms with Gasteiger partial charge in [-0.2, -0.15) is 4.98 Å². The largest absolute Gasteiger partial charge is 0.368 e. The smallest absolute Gasteiger partial charge is 0.223 e. The molecule has 0 spiro atoms. The van der Waals surface area contributed by atoms with Gasteiger partial charge < -0.3 is 5.73 Å². The summed E-state index contributed by atoms with van der Waals surface area (Å²) in [5.74, 6) is 0.314. The molecule has 7 heteroatoms. The number of nitrogens with two attached hydrogens (primary N) is 1. The van der Waals surface area contributed by atoms with Crippen molar-refractivity contribution in [2.24, 2.45) is 0 Å². The van der Waals surface area contributed by atoms with Crippen molar-refractivity contribution in [2.75, 3.05) is 5.73 Å². The highest BCUT2D eigenvalue weighted by molar-refractivity contribution is 7.92. The summed E-state index contributed by atoms with van der Waals surface area (Å²) in [6, 6.07) is 6.60. The van der Waals surface area contributed by atoms with E-state index in [1.54, 1.807) is 38.1 Å². The number of nitrogens with zero attached hydrogens (tertiary/aromatic N) is 3. The third-order valence-corrected chi connectivity index (χ3v) is 4.86. The first-order valence-corrected chi connectivity index (χ1v) is 7.25. The Bertz CT molecular complexity index is 698. The highest BCUT2D eigenvalue weighted by Gasteiger charge is 2.23. The van der Waals surface area contributed by atoms with E-state index in [1.807, 2.05) is 0 Å². The molecule has 19 heavy (non-hydrogen) atoms. The summed E-state index contributed by atoms with van der Waals surface area (Å²) in [6.07, 6.45) is 1.26. The van der Waals surface area contributed by atoms with Gasteiger partial charge in [-0.1, -0.05) is 12.1 Å². The molecule has 1 aromatic heterocycles. The lowest BCUT2D eigenvalue weighted by Gasteiger charge is -2.11. The predicted molar refractivity (Wildman–Crippen MR) is 72.0 cm³/mol. The van der Waals surface area contributed by atoms with Crippen LogP contribution in [0.2, 0.25) is 0 Å². The fourth-order valence-corrected chi connectivity index (χ4v) is 2.83. The highest BCUT2D eigenvalue weighted by atomic mass is 32.2. The molecule has 0 amide bonds. The van der Waals surface area contributed by atoms with Gasteiger partial charge in [-0.05, 0) is 26.0 Å². The minimum atomic E-state index is -3.41. The van der Waals surface area contributed by atoms with Crippen LogP contribution >= 0.6 is 0 Å². The van der Waals surface area contributed by atoms with Gasteiger partial charge in [0.25, 0.3) is 0 Å². The van der Waals surface area contributed by atoms with Crippen LogP contribution in [0.3, 0.4) is 0 Å². The van der Waals surface area contributed by atoms with Crippen LogP contribution in [0.25, 0.3) is 11.4 Å². The van der Waals surface area contributed by atoms with Crippen molar-refractivity contribution < 1.29 is 8.42 Å². The Kier molecular flexibility index (Phi) is 3.48. The van der Waals surface area contributed by atoms with Crippen LogP contribution in [0.1, 0.15) is 13.8 Å². The lowest BCUT2D eigenvalue weighted by molar-refractivity contribution is 0.587. The van der Waals surface area contributed by atoms with Crippen molar-refractivity contribution in [2.45, 2.75) is 24.0 Å². The van der Waals surface area contributed by atoms with Crippen molar-refractivity contribution in [1.82, 2.24) is 15.0 Å². The minimum absolute atomic E-state index is 0.0572. The third-order valence-electron chi connectivity index (χ3n) is 2.65. The molecule has 2 N–H and O–H groups in total. The molecule has 6 nitrogen and oxygen atoms in total. The second-order valence-corrected chi connectivity index (χ2v) is 6.73. The molecule has 0 fully saturated rings. The van der Waals surface area contributed by atoms with Crippen LogP contribution in [0.5, 0.6) is 0 Å². The van der Waals surface area contributed by atoms with E-state index in [0.717, 1.165) is 0 Å². The Labute approximate surface area is 111 Å². The number of benzene rings is 1. The Morgan fingerprint density at radius 2 is 1.84 bits per heavy atom. The predicted octanol–water partition coefficient (Wildman–Crippen LogP) is 1.30. The Balaban J connectivity index is 2.67. The van der Waals surface area contributed by atoms with E-state index in [4.69, 9.17) is 5.73 Å². The van der Waals surface area contributed by atoms with Crippen LogP contribution in [0.15, 0.2) is 35.5 Å². The average molecular weight is 278 g/mol. The number of rotatable bonds is 3. The highest BCUT2D eigenvalue weighted by Crippen LogP contribution is 2.27. The molecule has 0 aliphatic rings. The summed E-state index contributed by atoms with van der Waals surface area (Å²) in [5.41, 5.74) is 5.94. The Morgan fingerprint density at radius 1 is 1.16 bits per heavy atom. The van der Waals surface area contributed by atoms with Gasteiger partial charge in [-0.25, -0.2) is 18.4 Å². The molecule has 0 saturated heterocycles. The molecule has 1 heterocycles. The van der Waals surface area contributed by atoms with Gasteiger partial charge >= 0.3 is 0 Å². The molecule has 2 aromatic rings. The summed E-state index contributed by atoms with van der Waals surface area (Å²) in [5, 5.41) is -0.521. The summed E-state index contributed by atoms with van der Waals surface area (Å²) in [4.78, 5) is 11.8. The van der Waals surface area contributed by atoms with E-state index < -0.39 is 15.1 Å². The van der Waals surface area contributed by atoms with Crippen LogP contribution < -0.4 is 5.73 Å². The van der Waals surface area contributed by atoms with E-state index in [0.29, 0.717) is 5.56 Å². The number of aromatic nitrogens is 3. The molecular weight excluding hydrogens is 264 g/mol. The number of hydrogen-bond donors (Lipinski definition) is 1. The van der Waals surface area contributed by atoms with Crippen molar-refractivity contribution in [3.63, 3.8) is 0 Å². The van der Waals surface area contributed by atoms with E-state index in [9.17, 15) is 8.42 Å². The summed E-state index contributed by atoms with van der Waals surface area (Å²) >= 11 is 0. The molecule has 100 valence electrons. The quantitative estimate of drug-likeness (QED) is 0.908. The maximum atomic E-state index is 12.3. The summed E-state index contributed by atoms with van der Waals surface area (Å²) in [6.45, 7) is 3.27. The molecular formula is C12H14N4O2S. The molecule has 1 aromatic carbocycles. The molecule has 0 aliphatic heterocycles. The van der Waals surface area contributed by atoms with Crippen molar-refractivity contribution in [3.05, 3.63) is 30.6 Å². The normalized spacial score (nSPS) is 11.7. The third kappa shape index (κ3) is 2.55. The lowest BCUT2D eigenvalue weighted by Crippen LogP contribution is -2.15. The first-order valence-electron chi connectivity index (χ1n) is 5.70. The van der Waals surface area contributed by atoms with E-state index >= 15 is 0 Å². The SMILES string of the molecule is CC(C)S(=O)(=O)c1ccccc1-c1ncnc(N)n1. The van der Waals surface area contributed by atoms with Gasteiger partial charge in [-0.3, -0.25) is 0 Å². The Hall–Kier alpha value is -2.02. The Morgan fingerprint density at radius 3 is 2.47 bits per heavy atom. The molecule has 0 saturated carbocycles. The number of nitrogen functional groups attached to an aromatic ring is 1. The number of sulfone groups is 1. The van der Waals surface area contributed by atoms with Crippen LogP contribution in [0, 0.1) is 0 Å². The van der Waals surface area contributed by atoms with E-state index in [1.165, 1.54) is 6.33 Å². The topological polar surface area (TPSA) is 98.8 Å². The molecule has 0 aliphatic carbocycles. The maximum Gasteiger partial charge on any atom is 0.223 e. The van der Waals surface area contributed by atoms with E-state index in [-0.39, 0.29) is 16.7 Å². The van der Waals surface area contributed by atoms with Gasteiger partial charge in [0.05, 0.1) is 10.1 Å². The zero-order valence-corrected chi connectivity index (χ0v) is 11.4. The van der Waals surface area contributed by atoms with Crippen molar-refractivity contribution in [3.8, 4) is 11.4 Å². The van der Waals surface area contributed by atoms with Crippen LogP contribution in [0.4, 0.5) is 5.95 Å². The summed E-state index contributed by atoms with van der Waals surface area (Å²) in [7, 11) is -3.41. The summed E-state index contributed by atoms with van der Waals surface area (Å²) < 4.78 is 24.6. The second-order valence-electron chi connectivity index (χ2n) is 4.26. The van der Waals surface area contributed by atoms with Crippen LogP contribution in [-0.4, -0.2) is 28.6 Å². The van der Waals surface area contributed by atoms with Gasteiger partial charge in [0.1, 0.15) is 6.33 Å². The number of anilines is 1. The van der Waals surface area contributed by atoms with Gasteiger partial charge in [0.15, 0.2) is 15.7 Å².